The van der Waals surface area contributed by atoms with Crippen molar-refractivity contribution >= 4 is 17.2 Å². The molecule has 3 rings (SSSR count). The first kappa shape index (κ1) is 15.3. The van der Waals surface area contributed by atoms with Crippen molar-refractivity contribution in [3.8, 4) is 0 Å². The van der Waals surface area contributed by atoms with E-state index >= 15 is 0 Å². The molecule has 0 radical (unpaired) electrons. The van der Waals surface area contributed by atoms with Gasteiger partial charge in [0.15, 0.2) is 0 Å². The summed E-state index contributed by atoms with van der Waals surface area (Å²) in [7, 11) is 0. The standard InChI is InChI=1S/C18H22N2OS/c21-18(10-16-7-9-22-14-16)19-11-17-6-8-20(13-17)12-15-4-2-1-3-5-15/h1-5,7,9,14,17H,6,8,10-13H2,(H,19,21). The van der Waals surface area contributed by atoms with Gasteiger partial charge >= 0.3 is 0 Å². The molecule has 1 unspecified atom stereocenters. The fraction of sp³-hybridized carbons (Fsp3) is 0.389. The van der Waals surface area contributed by atoms with Crippen molar-refractivity contribution in [2.75, 3.05) is 19.6 Å². The highest BCUT2D eigenvalue weighted by molar-refractivity contribution is 7.07. The lowest BCUT2D eigenvalue weighted by Crippen LogP contribution is -2.31. The van der Waals surface area contributed by atoms with Gasteiger partial charge in [-0.05, 0) is 46.8 Å². The lowest BCUT2D eigenvalue weighted by molar-refractivity contribution is -0.120. The van der Waals surface area contributed by atoms with E-state index in [1.54, 1.807) is 11.3 Å². The summed E-state index contributed by atoms with van der Waals surface area (Å²) in [5, 5.41) is 7.14. The van der Waals surface area contributed by atoms with Crippen molar-refractivity contribution in [1.82, 2.24) is 10.2 Å². The molecule has 0 aliphatic carbocycles. The molecule has 0 spiro atoms. The summed E-state index contributed by atoms with van der Waals surface area (Å²) in [6.07, 6.45) is 1.68. The van der Waals surface area contributed by atoms with Gasteiger partial charge in [-0.25, -0.2) is 0 Å². The monoisotopic (exact) mass is 314 g/mol. The van der Waals surface area contributed by atoms with Crippen LogP contribution in [0.15, 0.2) is 47.2 Å². The highest BCUT2D eigenvalue weighted by Gasteiger charge is 2.22. The van der Waals surface area contributed by atoms with Crippen LogP contribution < -0.4 is 5.32 Å². The maximum atomic E-state index is 11.9. The number of carbonyl (C=O) groups excluding carboxylic acids is 1. The number of nitrogens with one attached hydrogen (secondary N) is 1. The highest BCUT2D eigenvalue weighted by Crippen LogP contribution is 2.18. The molecule has 1 atom stereocenters. The molecule has 22 heavy (non-hydrogen) atoms. The van der Waals surface area contributed by atoms with E-state index < -0.39 is 0 Å². The Morgan fingerprint density at radius 2 is 2.09 bits per heavy atom. The fourth-order valence-corrected chi connectivity index (χ4v) is 3.63. The van der Waals surface area contributed by atoms with Crippen LogP contribution in [0.2, 0.25) is 0 Å². The largest absolute Gasteiger partial charge is 0.355 e. The Bertz CT molecular complexity index is 582. The third kappa shape index (κ3) is 4.42. The molecule has 2 aromatic rings. The van der Waals surface area contributed by atoms with Crippen LogP contribution in [0.4, 0.5) is 0 Å². The van der Waals surface area contributed by atoms with E-state index in [2.05, 4.69) is 40.5 Å². The van der Waals surface area contributed by atoms with E-state index in [9.17, 15) is 4.79 Å². The molecule has 3 nitrogen and oxygen atoms in total. The Balaban J connectivity index is 1.38. The molecule has 2 heterocycles. The minimum Gasteiger partial charge on any atom is -0.355 e. The van der Waals surface area contributed by atoms with E-state index in [4.69, 9.17) is 0 Å². The number of hydrogen-bond donors (Lipinski definition) is 1. The van der Waals surface area contributed by atoms with Crippen LogP contribution in [0.3, 0.4) is 0 Å². The van der Waals surface area contributed by atoms with Gasteiger partial charge in [-0.15, -0.1) is 0 Å². The molecular weight excluding hydrogens is 292 g/mol. The van der Waals surface area contributed by atoms with Crippen molar-refractivity contribution in [2.24, 2.45) is 5.92 Å². The van der Waals surface area contributed by atoms with Crippen molar-refractivity contribution in [2.45, 2.75) is 19.4 Å². The van der Waals surface area contributed by atoms with Crippen LogP contribution in [0.5, 0.6) is 0 Å². The maximum absolute atomic E-state index is 11.9. The minimum absolute atomic E-state index is 0.139. The summed E-state index contributed by atoms with van der Waals surface area (Å²) >= 11 is 1.64. The second-order valence-electron chi connectivity index (χ2n) is 5.99. The van der Waals surface area contributed by atoms with Crippen LogP contribution >= 0.6 is 11.3 Å². The van der Waals surface area contributed by atoms with E-state index in [1.165, 1.54) is 12.0 Å². The molecule has 1 aromatic heterocycles. The average molecular weight is 314 g/mol. The minimum atomic E-state index is 0.139. The van der Waals surface area contributed by atoms with Crippen LogP contribution in [0.25, 0.3) is 0 Å². The number of hydrogen-bond acceptors (Lipinski definition) is 3. The predicted octanol–water partition coefficient (Wildman–Crippen LogP) is 2.93. The number of benzene rings is 1. The number of nitrogens with zero attached hydrogens (tertiary/aromatic N) is 1. The molecule has 1 N–H and O–H groups in total. The number of rotatable bonds is 6. The Morgan fingerprint density at radius 1 is 1.23 bits per heavy atom. The highest BCUT2D eigenvalue weighted by atomic mass is 32.1. The van der Waals surface area contributed by atoms with Crippen molar-refractivity contribution in [1.29, 1.82) is 0 Å². The zero-order valence-electron chi connectivity index (χ0n) is 12.7. The van der Waals surface area contributed by atoms with Gasteiger partial charge in [0.2, 0.25) is 5.91 Å². The maximum Gasteiger partial charge on any atom is 0.224 e. The molecular formula is C18H22N2OS. The van der Waals surface area contributed by atoms with Gasteiger partial charge in [0.1, 0.15) is 0 Å². The summed E-state index contributed by atoms with van der Waals surface area (Å²) in [4.78, 5) is 14.4. The van der Waals surface area contributed by atoms with Gasteiger partial charge in [0.05, 0.1) is 6.42 Å². The number of thiophene rings is 1. The average Bonchev–Trinajstić information content (AvgIpc) is 3.18. The molecule has 1 fully saturated rings. The van der Waals surface area contributed by atoms with E-state index in [0.717, 1.165) is 31.7 Å². The molecule has 116 valence electrons. The quantitative estimate of drug-likeness (QED) is 0.889. The van der Waals surface area contributed by atoms with Crippen molar-refractivity contribution in [3.63, 3.8) is 0 Å². The van der Waals surface area contributed by atoms with Gasteiger partial charge < -0.3 is 5.32 Å². The second-order valence-corrected chi connectivity index (χ2v) is 6.77. The third-order valence-corrected chi connectivity index (χ3v) is 4.88. The first-order valence-corrected chi connectivity index (χ1v) is 8.78. The topological polar surface area (TPSA) is 32.3 Å². The SMILES string of the molecule is O=C(Cc1ccsc1)NCC1CCN(Cc2ccccc2)C1. The Morgan fingerprint density at radius 3 is 2.86 bits per heavy atom. The van der Waals surface area contributed by atoms with Crippen LogP contribution in [0, 0.1) is 5.92 Å². The van der Waals surface area contributed by atoms with Gasteiger partial charge in [0, 0.05) is 19.6 Å². The number of likely N-dealkylation sites (tertiary alicyclic amines) is 1. The molecule has 1 aromatic carbocycles. The third-order valence-electron chi connectivity index (χ3n) is 4.15. The summed E-state index contributed by atoms with van der Waals surface area (Å²) in [6, 6.07) is 12.6. The van der Waals surface area contributed by atoms with E-state index in [1.807, 2.05) is 16.8 Å². The molecule has 1 amide bonds. The van der Waals surface area contributed by atoms with E-state index in [-0.39, 0.29) is 5.91 Å². The number of carbonyl (C=O) groups is 1. The van der Waals surface area contributed by atoms with E-state index in [0.29, 0.717) is 12.3 Å². The Labute approximate surface area is 136 Å². The van der Waals surface area contributed by atoms with Crippen molar-refractivity contribution < 1.29 is 4.79 Å². The lowest BCUT2D eigenvalue weighted by Gasteiger charge is -2.16. The van der Waals surface area contributed by atoms with Crippen LogP contribution in [0.1, 0.15) is 17.5 Å². The smallest absolute Gasteiger partial charge is 0.224 e. The number of amides is 1. The lowest BCUT2D eigenvalue weighted by atomic mass is 10.1. The molecule has 1 aliphatic heterocycles. The molecule has 1 aliphatic rings. The summed E-state index contributed by atoms with van der Waals surface area (Å²) in [6.45, 7) is 4.02. The summed E-state index contributed by atoms with van der Waals surface area (Å²) in [5.41, 5.74) is 2.48. The summed E-state index contributed by atoms with van der Waals surface area (Å²) in [5.74, 6) is 0.718. The van der Waals surface area contributed by atoms with Gasteiger partial charge in [-0.1, -0.05) is 30.3 Å². The zero-order chi connectivity index (χ0) is 15.2. The molecule has 1 saturated heterocycles. The fourth-order valence-electron chi connectivity index (χ4n) is 2.96. The summed E-state index contributed by atoms with van der Waals surface area (Å²) < 4.78 is 0. The van der Waals surface area contributed by atoms with Crippen molar-refractivity contribution in [3.05, 3.63) is 58.3 Å². The van der Waals surface area contributed by atoms with Gasteiger partial charge in [0.25, 0.3) is 0 Å². The molecule has 0 bridgehead atoms. The first-order chi connectivity index (χ1) is 10.8. The van der Waals surface area contributed by atoms with Crippen LogP contribution in [-0.4, -0.2) is 30.4 Å². The second kappa shape index (κ2) is 7.56. The zero-order valence-corrected chi connectivity index (χ0v) is 13.5. The normalized spacial score (nSPS) is 18.5. The molecule has 0 saturated carbocycles. The Kier molecular flexibility index (Phi) is 5.24. The van der Waals surface area contributed by atoms with Gasteiger partial charge in [-0.3, -0.25) is 9.69 Å². The van der Waals surface area contributed by atoms with Gasteiger partial charge in [-0.2, -0.15) is 11.3 Å². The van der Waals surface area contributed by atoms with Crippen LogP contribution in [-0.2, 0) is 17.8 Å². The first-order valence-electron chi connectivity index (χ1n) is 7.83. The Hall–Kier alpha value is -1.65. The molecule has 4 heteroatoms. The predicted molar refractivity (Wildman–Crippen MR) is 90.9 cm³/mol.